The van der Waals surface area contributed by atoms with Gasteiger partial charge in [-0.15, -0.1) is 0 Å². The Bertz CT molecular complexity index is 1070. The fourth-order valence-electron chi connectivity index (χ4n) is 3.76. The van der Waals surface area contributed by atoms with Crippen molar-refractivity contribution in [2.45, 2.75) is 19.3 Å². The number of aromatic nitrogens is 1. The Morgan fingerprint density at radius 3 is 2.47 bits per heavy atom. The molecule has 8 heteroatoms. The van der Waals surface area contributed by atoms with Gasteiger partial charge in [-0.2, -0.15) is 0 Å². The molecular formula is C24H24FN3O4. The molecule has 0 radical (unpaired) electrons. The standard InChI is InChI=1S/C24H24FN3O4/c25-19-5-1-18(2-6-19)23-27-20(15-32-23)9-12-26-24(31)28-13-10-17(11-14-28)22(30)16-3-7-21(29)8-4-16/h1-8,15,17,29H,9-14H2,(H,26,31). The van der Waals surface area contributed by atoms with E-state index in [0.29, 0.717) is 61.6 Å². The van der Waals surface area contributed by atoms with Crippen LogP contribution in [-0.4, -0.2) is 46.4 Å². The first-order valence-electron chi connectivity index (χ1n) is 10.6. The number of Topliss-reactive ketones (excluding diaryl/α,β-unsaturated/α-hetero) is 1. The predicted molar refractivity (Wildman–Crippen MR) is 116 cm³/mol. The second kappa shape index (κ2) is 9.64. The van der Waals surface area contributed by atoms with E-state index in [1.807, 2.05) is 0 Å². The largest absolute Gasteiger partial charge is 0.508 e. The Morgan fingerprint density at radius 1 is 1.09 bits per heavy atom. The quantitative estimate of drug-likeness (QED) is 0.568. The monoisotopic (exact) mass is 437 g/mol. The summed E-state index contributed by atoms with van der Waals surface area (Å²) in [7, 11) is 0. The molecular weight excluding hydrogens is 413 g/mol. The van der Waals surface area contributed by atoms with Crippen molar-refractivity contribution in [3.05, 3.63) is 71.9 Å². The number of nitrogens with one attached hydrogen (secondary N) is 1. The van der Waals surface area contributed by atoms with E-state index >= 15 is 0 Å². The average Bonchev–Trinajstić information content (AvgIpc) is 3.28. The van der Waals surface area contributed by atoms with Gasteiger partial charge < -0.3 is 19.7 Å². The number of benzene rings is 2. The van der Waals surface area contributed by atoms with Gasteiger partial charge in [0.25, 0.3) is 0 Å². The summed E-state index contributed by atoms with van der Waals surface area (Å²) in [5, 5.41) is 12.2. The van der Waals surface area contributed by atoms with Crippen LogP contribution in [0, 0.1) is 11.7 Å². The number of rotatable bonds is 6. The molecule has 1 fully saturated rings. The summed E-state index contributed by atoms with van der Waals surface area (Å²) in [6.45, 7) is 1.43. The minimum atomic E-state index is -0.322. The van der Waals surface area contributed by atoms with E-state index < -0.39 is 0 Å². The summed E-state index contributed by atoms with van der Waals surface area (Å²) in [6, 6.07) is 12.0. The molecule has 3 aromatic rings. The molecule has 4 rings (SSSR count). The van der Waals surface area contributed by atoms with E-state index in [4.69, 9.17) is 4.42 Å². The van der Waals surface area contributed by atoms with Crippen LogP contribution in [-0.2, 0) is 6.42 Å². The van der Waals surface area contributed by atoms with Gasteiger partial charge in [0, 0.05) is 43.1 Å². The summed E-state index contributed by atoms with van der Waals surface area (Å²) >= 11 is 0. The molecule has 0 atom stereocenters. The molecule has 7 nitrogen and oxygen atoms in total. The number of aromatic hydroxyl groups is 1. The molecule has 166 valence electrons. The summed E-state index contributed by atoms with van der Waals surface area (Å²) < 4.78 is 18.5. The molecule has 1 saturated heterocycles. The van der Waals surface area contributed by atoms with Crippen LogP contribution in [0.2, 0.25) is 0 Å². The number of nitrogens with zero attached hydrogens (tertiary/aromatic N) is 2. The maximum atomic E-state index is 13.0. The van der Waals surface area contributed by atoms with Crippen molar-refractivity contribution in [2.24, 2.45) is 5.92 Å². The number of halogens is 1. The number of carbonyl (C=O) groups excluding carboxylic acids is 2. The Balaban J connectivity index is 1.21. The second-order valence-electron chi connectivity index (χ2n) is 7.81. The minimum absolute atomic E-state index is 0.0491. The lowest BCUT2D eigenvalue weighted by Crippen LogP contribution is -2.45. The summed E-state index contributed by atoms with van der Waals surface area (Å²) in [5.41, 5.74) is 1.97. The lowest BCUT2D eigenvalue weighted by Gasteiger charge is -2.31. The maximum Gasteiger partial charge on any atom is 0.317 e. The first kappa shape index (κ1) is 21.5. The van der Waals surface area contributed by atoms with Crippen LogP contribution >= 0.6 is 0 Å². The number of hydrogen-bond donors (Lipinski definition) is 2. The molecule has 1 aromatic heterocycles. The number of urea groups is 1. The average molecular weight is 437 g/mol. The van der Waals surface area contributed by atoms with E-state index in [9.17, 15) is 19.1 Å². The third kappa shape index (κ3) is 5.14. The zero-order valence-corrected chi connectivity index (χ0v) is 17.5. The normalized spacial score (nSPS) is 14.3. The van der Waals surface area contributed by atoms with Gasteiger partial charge in [-0.05, 0) is 61.4 Å². The Morgan fingerprint density at radius 2 is 1.78 bits per heavy atom. The van der Waals surface area contributed by atoms with Gasteiger partial charge in [-0.3, -0.25) is 4.79 Å². The number of ketones is 1. The lowest BCUT2D eigenvalue weighted by molar-refractivity contribution is 0.0854. The van der Waals surface area contributed by atoms with Crippen molar-refractivity contribution in [1.82, 2.24) is 15.2 Å². The van der Waals surface area contributed by atoms with Crippen LogP contribution in [0.1, 0.15) is 28.9 Å². The molecule has 1 aliphatic rings. The van der Waals surface area contributed by atoms with Gasteiger partial charge in [0.15, 0.2) is 5.78 Å². The van der Waals surface area contributed by atoms with Crippen LogP contribution in [0.3, 0.4) is 0 Å². The molecule has 0 aliphatic carbocycles. The van der Waals surface area contributed by atoms with Crippen LogP contribution in [0.4, 0.5) is 9.18 Å². The Labute approximate surface area is 184 Å². The number of amides is 2. The number of phenolic OH excluding ortho intramolecular Hbond substituents is 1. The van der Waals surface area contributed by atoms with Crippen molar-refractivity contribution in [2.75, 3.05) is 19.6 Å². The lowest BCUT2D eigenvalue weighted by atomic mass is 9.89. The van der Waals surface area contributed by atoms with Crippen molar-refractivity contribution in [3.8, 4) is 17.2 Å². The molecule has 2 N–H and O–H groups in total. The summed E-state index contributed by atoms with van der Waals surface area (Å²) in [5.74, 6) is 0.144. The number of hydrogen-bond acceptors (Lipinski definition) is 5. The highest BCUT2D eigenvalue weighted by Gasteiger charge is 2.27. The summed E-state index contributed by atoms with van der Waals surface area (Å²) in [4.78, 5) is 31.1. The predicted octanol–water partition coefficient (Wildman–Crippen LogP) is 4.03. The smallest absolute Gasteiger partial charge is 0.317 e. The minimum Gasteiger partial charge on any atom is -0.508 e. The molecule has 0 bridgehead atoms. The van der Waals surface area contributed by atoms with Crippen molar-refractivity contribution >= 4 is 11.8 Å². The SMILES string of the molecule is O=C(c1ccc(O)cc1)C1CCN(C(=O)NCCc2coc(-c3ccc(F)cc3)n2)CC1. The zero-order chi connectivity index (χ0) is 22.5. The maximum absolute atomic E-state index is 13.0. The van der Waals surface area contributed by atoms with Crippen LogP contribution in [0.15, 0.2) is 59.2 Å². The molecule has 2 amide bonds. The van der Waals surface area contributed by atoms with E-state index in [-0.39, 0.29) is 29.3 Å². The highest BCUT2D eigenvalue weighted by Crippen LogP contribution is 2.23. The zero-order valence-electron chi connectivity index (χ0n) is 17.5. The van der Waals surface area contributed by atoms with Crippen LogP contribution < -0.4 is 5.32 Å². The van der Waals surface area contributed by atoms with Gasteiger partial charge in [0.05, 0.1) is 5.69 Å². The first-order chi connectivity index (χ1) is 15.5. The summed E-state index contributed by atoms with van der Waals surface area (Å²) in [6.07, 6.45) is 3.26. The van der Waals surface area contributed by atoms with Gasteiger partial charge >= 0.3 is 6.03 Å². The van der Waals surface area contributed by atoms with E-state index in [1.54, 1.807) is 29.2 Å². The van der Waals surface area contributed by atoms with Crippen molar-refractivity contribution in [1.29, 1.82) is 0 Å². The molecule has 2 aromatic carbocycles. The van der Waals surface area contributed by atoms with E-state index in [2.05, 4.69) is 10.3 Å². The van der Waals surface area contributed by atoms with Crippen LogP contribution in [0.5, 0.6) is 5.75 Å². The highest BCUT2D eigenvalue weighted by molar-refractivity contribution is 5.98. The molecule has 0 spiro atoms. The third-order valence-electron chi connectivity index (χ3n) is 5.61. The Kier molecular flexibility index (Phi) is 6.49. The van der Waals surface area contributed by atoms with Crippen LogP contribution in [0.25, 0.3) is 11.5 Å². The third-order valence-corrected chi connectivity index (χ3v) is 5.61. The second-order valence-corrected chi connectivity index (χ2v) is 7.81. The number of phenols is 1. The van der Waals surface area contributed by atoms with Crippen molar-refractivity contribution < 1.29 is 23.5 Å². The van der Waals surface area contributed by atoms with Gasteiger partial charge in [0.1, 0.15) is 17.8 Å². The molecule has 1 aliphatic heterocycles. The molecule has 2 heterocycles. The Hall–Kier alpha value is -3.68. The fraction of sp³-hybridized carbons (Fsp3) is 0.292. The molecule has 32 heavy (non-hydrogen) atoms. The molecule has 0 saturated carbocycles. The van der Waals surface area contributed by atoms with Crippen molar-refractivity contribution in [3.63, 3.8) is 0 Å². The van der Waals surface area contributed by atoms with E-state index in [1.165, 1.54) is 30.5 Å². The number of piperidine rings is 1. The topological polar surface area (TPSA) is 95.7 Å². The number of carbonyl (C=O) groups is 2. The first-order valence-corrected chi connectivity index (χ1v) is 10.6. The van der Waals surface area contributed by atoms with Gasteiger partial charge in [-0.25, -0.2) is 14.2 Å². The fourth-order valence-corrected chi connectivity index (χ4v) is 3.76. The number of likely N-dealkylation sites (tertiary alicyclic amines) is 1. The number of oxazole rings is 1. The van der Waals surface area contributed by atoms with E-state index in [0.717, 1.165) is 0 Å². The molecule has 0 unspecified atom stereocenters. The highest BCUT2D eigenvalue weighted by atomic mass is 19.1. The van der Waals surface area contributed by atoms with Gasteiger partial charge in [0.2, 0.25) is 5.89 Å². The van der Waals surface area contributed by atoms with Gasteiger partial charge in [-0.1, -0.05) is 0 Å².